The Bertz CT molecular complexity index is 918. The number of aromatic nitrogens is 2. The van der Waals surface area contributed by atoms with E-state index in [1.807, 2.05) is 12.1 Å². The van der Waals surface area contributed by atoms with Gasteiger partial charge in [-0.15, -0.1) is 0 Å². The zero-order valence-corrected chi connectivity index (χ0v) is 14.7. The van der Waals surface area contributed by atoms with Gasteiger partial charge in [-0.2, -0.15) is 0 Å². The van der Waals surface area contributed by atoms with Crippen molar-refractivity contribution in [3.05, 3.63) is 60.2 Å². The average Bonchev–Trinajstić information content (AvgIpc) is 2.61. The third kappa shape index (κ3) is 4.18. The molecule has 0 aliphatic carbocycles. The summed E-state index contributed by atoms with van der Waals surface area (Å²) in [5.41, 5.74) is 1.35. The van der Waals surface area contributed by atoms with Crippen molar-refractivity contribution in [3.63, 3.8) is 0 Å². The summed E-state index contributed by atoms with van der Waals surface area (Å²) in [5, 5.41) is 6.28. The summed E-state index contributed by atoms with van der Waals surface area (Å²) in [4.78, 5) is 8.72. The molecule has 1 aromatic heterocycles. The Hall–Kier alpha value is -3.35. The smallest absolute Gasteiger partial charge is 0.146 e. The van der Waals surface area contributed by atoms with Crippen LogP contribution in [0.25, 0.3) is 0 Å². The van der Waals surface area contributed by atoms with Crippen LogP contribution in [0.2, 0.25) is 0 Å². The number of nitrogens with zero attached hydrogens (tertiary/aromatic N) is 2. The van der Waals surface area contributed by atoms with Gasteiger partial charge >= 0.3 is 0 Å². The molecule has 1 heterocycles. The molecule has 134 valence electrons. The first kappa shape index (κ1) is 17.5. The van der Waals surface area contributed by atoms with Crippen LogP contribution >= 0.6 is 0 Å². The summed E-state index contributed by atoms with van der Waals surface area (Å²) in [5.74, 6) is 2.71. The zero-order chi connectivity index (χ0) is 18.5. The highest BCUT2D eigenvalue weighted by Crippen LogP contribution is 2.31. The number of anilines is 4. The molecular weight excluding hydrogens is 335 g/mol. The van der Waals surface area contributed by atoms with Crippen molar-refractivity contribution >= 4 is 23.0 Å². The standard InChI is InChI=1S/C19H19FN4O2/c1-12-21-18(23-14-6-4-5-13(20)9-14)11-19(22-12)24-16-8-7-15(25-2)10-17(16)26-3/h4-11H,1-3H3,(H2,21,22,23,24). The van der Waals surface area contributed by atoms with Crippen LogP contribution in [0, 0.1) is 12.7 Å². The number of methoxy groups -OCH3 is 2. The van der Waals surface area contributed by atoms with Gasteiger partial charge in [-0.05, 0) is 37.3 Å². The van der Waals surface area contributed by atoms with Crippen molar-refractivity contribution in [2.75, 3.05) is 24.9 Å². The maximum Gasteiger partial charge on any atom is 0.146 e. The van der Waals surface area contributed by atoms with Crippen LogP contribution in [-0.2, 0) is 0 Å². The maximum atomic E-state index is 13.4. The number of hydrogen-bond donors (Lipinski definition) is 2. The summed E-state index contributed by atoms with van der Waals surface area (Å²) < 4.78 is 23.9. The minimum absolute atomic E-state index is 0.318. The first-order chi connectivity index (χ1) is 12.6. The summed E-state index contributed by atoms with van der Waals surface area (Å²) in [6.45, 7) is 1.78. The normalized spacial score (nSPS) is 10.3. The Balaban J connectivity index is 1.86. The summed E-state index contributed by atoms with van der Waals surface area (Å²) >= 11 is 0. The fraction of sp³-hybridized carbons (Fsp3) is 0.158. The zero-order valence-electron chi connectivity index (χ0n) is 14.7. The number of hydrogen-bond acceptors (Lipinski definition) is 6. The van der Waals surface area contributed by atoms with Gasteiger partial charge in [0.15, 0.2) is 0 Å². The molecule has 6 nitrogen and oxygen atoms in total. The Morgan fingerprint density at radius 2 is 1.65 bits per heavy atom. The van der Waals surface area contributed by atoms with E-state index in [9.17, 15) is 4.39 Å². The molecule has 7 heteroatoms. The number of rotatable bonds is 6. The third-order valence-corrected chi connectivity index (χ3v) is 3.61. The van der Waals surface area contributed by atoms with Crippen molar-refractivity contribution in [2.45, 2.75) is 6.92 Å². The van der Waals surface area contributed by atoms with Crippen molar-refractivity contribution in [2.24, 2.45) is 0 Å². The molecular formula is C19H19FN4O2. The molecule has 0 radical (unpaired) electrons. The second kappa shape index (κ2) is 7.69. The van der Waals surface area contributed by atoms with Gasteiger partial charge in [0.2, 0.25) is 0 Å². The lowest BCUT2D eigenvalue weighted by atomic mass is 10.2. The number of halogens is 1. The maximum absolute atomic E-state index is 13.4. The molecule has 26 heavy (non-hydrogen) atoms. The van der Waals surface area contributed by atoms with Crippen LogP contribution in [0.3, 0.4) is 0 Å². The highest BCUT2D eigenvalue weighted by molar-refractivity contribution is 5.68. The monoisotopic (exact) mass is 354 g/mol. The quantitative estimate of drug-likeness (QED) is 0.683. The fourth-order valence-electron chi connectivity index (χ4n) is 2.45. The lowest BCUT2D eigenvalue weighted by Gasteiger charge is -2.13. The Morgan fingerprint density at radius 3 is 2.35 bits per heavy atom. The van der Waals surface area contributed by atoms with Gasteiger partial charge in [0.05, 0.1) is 19.9 Å². The Kier molecular flexibility index (Phi) is 5.17. The lowest BCUT2D eigenvalue weighted by Crippen LogP contribution is -2.02. The van der Waals surface area contributed by atoms with Gasteiger partial charge in [-0.3, -0.25) is 0 Å². The van der Waals surface area contributed by atoms with Crippen molar-refractivity contribution < 1.29 is 13.9 Å². The van der Waals surface area contributed by atoms with Crippen LogP contribution in [0.1, 0.15) is 5.82 Å². The molecule has 0 spiro atoms. The minimum atomic E-state index is -0.318. The van der Waals surface area contributed by atoms with Gasteiger partial charge in [0, 0.05) is 17.8 Å². The molecule has 3 aromatic rings. The second-order valence-electron chi connectivity index (χ2n) is 5.51. The number of ether oxygens (including phenoxy) is 2. The number of benzene rings is 2. The van der Waals surface area contributed by atoms with E-state index >= 15 is 0 Å². The van der Waals surface area contributed by atoms with Gasteiger partial charge in [0.1, 0.15) is 34.8 Å². The van der Waals surface area contributed by atoms with E-state index in [2.05, 4.69) is 20.6 Å². The lowest BCUT2D eigenvalue weighted by molar-refractivity contribution is 0.395. The van der Waals surface area contributed by atoms with E-state index in [0.29, 0.717) is 34.6 Å². The molecule has 0 bridgehead atoms. The predicted molar refractivity (Wildman–Crippen MR) is 99.3 cm³/mol. The van der Waals surface area contributed by atoms with Crippen LogP contribution in [0.15, 0.2) is 48.5 Å². The van der Waals surface area contributed by atoms with E-state index in [0.717, 1.165) is 5.69 Å². The third-order valence-electron chi connectivity index (χ3n) is 3.61. The molecule has 0 saturated carbocycles. The van der Waals surface area contributed by atoms with Crippen LogP contribution in [0.4, 0.5) is 27.4 Å². The highest BCUT2D eigenvalue weighted by Gasteiger charge is 2.08. The van der Waals surface area contributed by atoms with E-state index in [4.69, 9.17) is 9.47 Å². The first-order valence-electron chi connectivity index (χ1n) is 7.94. The summed E-state index contributed by atoms with van der Waals surface area (Å²) in [7, 11) is 3.18. The molecule has 2 aromatic carbocycles. The molecule has 2 N–H and O–H groups in total. The van der Waals surface area contributed by atoms with Crippen LogP contribution < -0.4 is 20.1 Å². The van der Waals surface area contributed by atoms with Crippen LogP contribution in [-0.4, -0.2) is 24.2 Å². The molecule has 0 unspecified atom stereocenters. The molecule has 0 fully saturated rings. The second-order valence-corrected chi connectivity index (χ2v) is 5.51. The fourth-order valence-corrected chi connectivity index (χ4v) is 2.45. The SMILES string of the molecule is COc1ccc(Nc2cc(Nc3cccc(F)c3)nc(C)n2)c(OC)c1. The average molecular weight is 354 g/mol. The van der Waals surface area contributed by atoms with E-state index in [1.165, 1.54) is 12.1 Å². The van der Waals surface area contributed by atoms with Crippen LogP contribution in [0.5, 0.6) is 11.5 Å². The minimum Gasteiger partial charge on any atom is -0.497 e. The van der Waals surface area contributed by atoms with Gasteiger partial charge in [0.25, 0.3) is 0 Å². The predicted octanol–water partition coefficient (Wildman–Crippen LogP) is 4.43. The molecule has 0 amide bonds. The number of aryl methyl sites for hydroxylation is 1. The first-order valence-corrected chi connectivity index (χ1v) is 7.94. The topological polar surface area (TPSA) is 68.3 Å². The van der Waals surface area contributed by atoms with Crippen molar-refractivity contribution in [1.29, 1.82) is 0 Å². The molecule has 0 aliphatic rings. The van der Waals surface area contributed by atoms with E-state index < -0.39 is 0 Å². The van der Waals surface area contributed by atoms with Gasteiger partial charge in [-0.1, -0.05) is 6.07 Å². The number of nitrogens with one attached hydrogen (secondary N) is 2. The largest absolute Gasteiger partial charge is 0.497 e. The Labute approximate surface area is 151 Å². The molecule has 0 aliphatic heterocycles. The van der Waals surface area contributed by atoms with E-state index in [1.54, 1.807) is 45.4 Å². The summed E-state index contributed by atoms with van der Waals surface area (Å²) in [6.07, 6.45) is 0. The Morgan fingerprint density at radius 1 is 0.885 bits per heavy atom. The van der Waals surface area contributed by atoms with E-state index in [-0.39, 0.29) is 5.82 Å². The molecule has 0 atom stereocenters. The van der Waals surface area contributed by atoms with Gasteiger partial charge < -0.3 is 20.1 Å². The summed E-state index contributed by atoms with van der Waals surface area (Å²) in [6, 6.07) is 13.4. The highest BCUT2D eigenvalue weighted by atomic mass is 19.1. The molecule has 3 rings (SSSR count). The van der Waals surface area contributed by atoms with Crippen molar-refractivity contribution in [3.8, 4) is 11.5 Å². The molecule has 0 saturated heterocycles. The van der Waals surface area contributed by atoms with Gasteiger partial charge in [-0.25, -0.2) is 14.4 Å². The van der Waals surface area contributed by atoms with Crippen molar-refractivity contribution in [1.82, 2.24) is 9.97 Å².